The van der Waals surface area contributed by atoms with E-state index in [2.05, 4.69) is 41.9 Å². The highest BCUT2D eigenvalue weighted by Crippen LogP contribution is 2.33. The molecule has 1 fully saturated rings. The average Bonchev–Trinajstić information content (AvgIpc) is 3.24. The number of nitrogens with zero attached hydrogens (tertiary/aromatic N) is 2. The van der Waals surface area contributed by atoms with E-state index in [-0.39, 0.29) is 0 Å². The first kappa shape index (κ1) is 17.0. The molecule has 4 rings (SSSR count). The van der Waals surface area contributed by atoms with Crippen LogP contribution in [0.25, 0.3) is 11.3 Å². The number of aryl methyl sites for hydroxylation is 2. The lowest BCUT2D eigenvalue weighted by molar-refractivity contribution is 0.0444. The Morgan fingerprint density at radius 3 is 2.65 bits per heavy atom. The van der Waals surface area contributed by atoms with Crippen molar-refractivity contribution in [1.29, 1.82) is 0 Å². The van der Waals surface area contributed by atoms with Crippen LogP contribution in [0.3, 0.4) is 0 Å². The zero-order valence-corrected chi connectivity index (χ0v) is 15.3. The summed E-state index contributed by atoms with van der Waals surface area (Å²) in [6.07, 6.45) is 2.52. The first-order chi connectivity index (χ1) is 12.5. The molecule has 1 saturated heterocycles. The fourth-order valence-corrected chi connectivity index (χ4v) is 3.65. The van der Waals surface area contributed by atoms with Crippen LogP contribution in [0.4, 0.5) is 0 Å². The van der Waals surface area contributed by atoms with Crippen molar-refractivity contribution in [2.45, 2.75) is 32.4 Å². The third kappa shape index (κ3) is 3.30. The van der Waals surface area contributed by atoms with E-state index in [1.54, 1.807) is 6.20 Å². The van der Waals surface area contributed by atoms with E-state index < -0.39 is 5.60 Å². The van der Waals surface area contributed by atoms with Crippen molar-refractivity contribution < 1.29 is 9.52 Å². The minimum atomic E-state index is -0.793. The van der Waals surface area contributed by atoms with Crippen LogP contribution < -0.4 is 0 Å². The summed E-state index contributed by atoms with van der Waals surface area (Å²) in [7, 11) is 0. The van der Waals surface area contributed by atoms with Gasteiger partial charge in [0.25, 0.3) is 0 Å². The van der Waals surface area contributed by atoms with Crippen molar-refractivity contribution in [2.24, 2.45) is 0 Å². The average molecular weight is 348 g/mol. The highest BCUT2D eigenvalue weighted by Gasteiger charge is 2.37. The molecule has 1 aromatic heterocycles. The number of aliphatic hydroxyl groups is 1. The predicted octanol–water partition coefficient (Wildman–Crippen LogP) is 4.05. The maximum atomic E-state index is 11.0. The number of oxazole rings is 1. The second kappa shape index (κ2) is 6.71. The van der Waals surface area contributed by atoms with Gasteiger partial charge in [0.15, 0.2) is 5.76 Å². The lowest BCUT2D eigenvalue weighted by Gasteiger charge is -2.23. The third-order valence-corrected chi connectivity index (χ3v) is 5.24. The topological polar surface area (TPSA) is 49.5 Å². The van der Waals surface area contributed by atoms with E-state index in [4.69, 9.17) is 4.42 Å². The van der Waals surface area contributed by atoms with Gasteiger partial charge < -0.3 is 9.52 Å². The molecule has 1 aliphatic rings. The maximum absolute atomic E-state index is 11.0. The van der Waals surface area contributed by atoms with Crippen LogP contribution in [0.15, 0.2) is 59.1 Å². The van der Waals surface area contributed by atoms with Crippen LogP contribution in [0, 0.1) is 13.8 Å². The van der Waals surface area contributed by atoms with Gasteiger partial charge in [-0.15, -0.1) is 0 Å². The van der Waals surface area contributed by atoms with E-state index >= 15 is 0 Å². The van der Waals surface area contributed by atoms with E-state index in [9.17, 15) is 5.11 Å². The van der Waals surface area contributed by atoms with Crippen LogP contribution in [0.2, 0.25) is 0 Å². The van der Waals surface area contributed by atoms with Crippen molar-refractivity contribution in [3.8, 4) is 11.3 Å². The Balaban J connectivity index is 1.46. The second-order valence-corrected chi connectivity index (χ2v) is 7.29. The first-order valence-corrected chi connectivity index (χ1v) is 9.06. The third-order valence-electron chi connectivity index (χ3n) is 5.24. The van der Waals surface area contributed by atoms with E-state index in [0.29, 0.717) is 19.0 Å². The summed E-state index contributed by atoms with van der Waals surface area (Å²) in [6.45, 7) is 6.16. The van der Waals surface area contributed by atoms with E-state index in [1.807, 2.05) is 30.3 Å². The van der Waals surface area contributed by atoms with Gasteiger partial charge in [-0.25, -0.2) is 4.98 Å². The van der Waals surface area contributed by atoms with E-state index in [1.165, 1.54) is 11.1 Å². The Kier molecular flexibility index (Phi) is 4.39. The smallest absolute Gasteiger partial charge is 0.209 e. The van der Waals surface area contributed by atoms with Crippen molar-refractivity contribution in [3.05, 3.63) is 77.3 Å². The van der Waals surface area contributed by atoms with Crippen LogP contribution in [-0.4, -0.2) is 28.1 Å². The number of rotatable bonds is 4. The van der Waals surface area contributed by atoms with E-state index in [0.717, 1.165) is 29.9 Å². The molecule has 1 N–H and O–H groups in total. The molecule has 0 spiro atoms. The minimum Gasteiger partial charge on any atom is -0.439 e. The van der Waals surface area contributed by atoms with Crippen LogP contribution in [0.1, 0.15) is 29.0 Å². The molecule has 0 amide bonds. The summed E-state index contributed by atoms with van der Waals surface area (Å²) in [5.41, 5.74) is 3.64. The van der Waals surface area contributed by atoms with Gasteiger partial charge in [-0.1, -0.05) is 54.1 Å². The molecular formula is C22H24N2O2. The molecule has 4 heteroatoms. The quantitative estimate of drug-likeness (QED) is 0.773. The van der Waals surface area contributed by atoms with Gasteiger partial charge in [-0.05, 0) is 31.4 Å². The molecule has 3 aromatic rings. The summed E-state index contributed by atoms with van der Waals surface area (Å²) in [5.74, 6) is 1.49. The second-order valence-electron chi connectivity index (χ2n) is 7.29. The molecular weight excluding hydrogens is 324 g/mol. The highest BCUT2D eigenvalue weighted by molar-refractivity contribution is 5.60. The molecule has 0 aliphatic carbocycles. The molecule has 0 saturated carbocycles. The molecule has 0 radical (unpaired) electrons. The molecule has 1 atom stereocenters. The summed E-state index contributed by atoms with van der Waals surface area (Å²) in [5, 5.41) is 11.0. The van der Waals surface area contributed by atoms with Gasteiger partial charge in [0.05, 0.1) is 12.7 Å². The molecule has 1 unspecified atom stereocenters. The van der Waals surface area contributed by atoms with Crippen LogP contribution >= 0.6 is 0 Å². The van der Waals surface area contributed by atoms with Crippen molar-refractivity contribution in [2.75, 3.05) is 13.1 Å². The lowest BCUT2D eigenvalue weighted by Crippen LogP contribution is -2.30. The van der Waals surface area contributed by atoms with Gasteiger partial charge in [0.2, 0.25) is 5.89 Å². The lowest BCUT2D eigenvalue weighted by atomic mass is 9.92. The Morgan fingerprint density at radius 2 is 1.88 bits per heavy atom. The fourth-order valence-electron chi connectivity index (χ4n) is 3.65. The van der Waals surface area contributed by atoms with Crippen LogP contribution in [-0.2, 0) is 12.1 Å². The monoisotopic (exact) mass is 348 g/mol. The molecule has 0 bridgehead atoms. The zero-order valence-electron chi connectivity index (χ0n) is 15.3. The summed E-state index contributed by atoms with van der Waals surface area (Å²) in [4.78, 5) is 6.64. The van der Waals surface area contributed by atoms with Gasteiger partial charge in [0, 0.05) is 18.7 Å². The molecule has 26 heavy (non-hydrogen) atoms. The zero-order chi connectivity index (χ0) is 18.1. The highest BCUT2D eigenvalue weighted by atomic mass is 16.4. The Morgan fingerprint density at radius 1 is 1.12 bits per heavy atom. The number of benzene rings is 2. The SMILES string of the molecule is Cc1ccc(C2(O)CCN(Cc3ncc(-c4ccccc4C)o3)C2)cc1. The van der Waals surface area contributed by atoms with Crippen molar-refractivity contribution >= 4 is 0 Å². The minimum absolute atomic E-state index is 0.595. The van der Waals surface area contributed by atoms with Gasteiger partial charge >= 0.3 is 0 Å². The number of hydrogen-bond acceptors (Lipinski definition) is 4. The fraction of sp³-hybridized carbons (Fsp3) is 0.318. The standard InChI is InChI=1S/C22H24N2O2/c1-16-7-9-18(10-8-16)22(25)11-12-24(15-22)14-21-23-13-20(26-21)19-6-4-3-5-17(19)2/h3-10,13,25H,11-12,14-15H2,1-2H3. The van der Waals surface area contributed by atoms with Crippen LogP contribution in [0.5, 0.6) is 0 Å². The molecule has 134 valence electrons. The van der Waals surface area contributed by atoms with Gasteiger partial charge in [0.1, 0.15) is 5.60 Å². The van der Waals surface area contributed by atoms with Crippen molar-refractivity contribution in [3.63, 3.8) is 0 Å². The summed E-state index contributed by atoms with van der Waals surface area (Å²) in [6, 6.07) is 16.3. The van der Waals surface area contributed by atoms with Gasteiger partial charge in [-0.3, -0.25) is 4.90 Å². The molecule has 2 heterocycles. The number of β-amino-alcohol motifs (C(OH)–C–C–N with tert-alkyl or cyclic N) is 1. The Bertz CT molecular complexity index is 901. The Hall–Kier alpha value is -2.43. The largest absolute Gasteiger partial charge is 0.439 e. The van der Waals surface area contributed by atoms with Gasteiger partial charge in [-0.2, -0.15) is 0 Å². The summed E-state index contributed by atoms with van der Waals surface area (Å²) >= 11 is 0. The first-order valence-electron chi connectivity index (χ1n) is 9.06. The normalized spacial score (nSPS) is 20.6. The predicted molar refractivity (Wildman–Crippen MR) is 102 cm³/mol. The number of likely N-dealkylation sites (tertiary alicyclic amines) is 1. The molecule has 2 aromatic carbocycles. The molecule has 1 aliphatic heterocycles. The number of hydrogen-bond donors (Lipinski definition) is 1. The maximum Gasteiger partial charge on any atom is 0.209 e. The summed E-state index contributed by atoms with van der Waals surface area (Å²) < 4.78 is 5.97. The Labute approximate surface area is 154 Å². The number of aromatic nitrogens is 1. The molecule has 4 nitrogen and oxygen atoms in total. The van der Waals surface area contributed by atoms with Crippen molar-refractivity contribution in [1.82, 2.24) is 9.88 Å².